The maximum absolute atomic E-state index is 6.15. The first-order valence-corrected chi connectivity index (χ1v) is 7.28. The normalized spacial score (nSPS) is 11.2. The highest BCUT2D eigenvalue weighted by atomic mass is 79.9. The van der Waals surface area contributed by atoms with Crippen LogP contribution in [0.5, 0.6) is 0 Å². The van der Waals surface area contributed by atoms with Crippen LogP contribution in [-0.2, 0) is 0 Å². The Morgan fingerprint density at radius 1 is 1.05 bits per heavy atom. The molecule has 2 N–H and O–H groups in total. The van der Waals surface area contributed by atoms with Gasteiger partial charge in [-0.1, -0.05) is 22.0 Å². The van der Waals surface area contributed by atoms with Crippen LogP contribution in [0.2, 0.25) is 0 Å². The number of halogens is 1. The van der Waals surface area contributed by atoms with Crippen LogP contribution < -0.4 is 5.73 Å². The number of aryl methyl sites for hydroxylation is 3. The minimum Gasteiger partial charge on any atom is -0.369 e. The Kier molecular flexibility index (Phi) is 3.05. The number of fused-ring (bicyclic) bond motifs is 1. The molecule has 3 aromatic rings. The lowest BCUT2D eigenvalue weighted by molar-refractivity contribution is 1.07. The monoisotopic (exact) mass is 329 g/mol. The quantitative estimate of drug-likeness (QED) is 0.723. The molecule has 0 aliphatic carbocycles. The highest BCUT2D eigenvalue weighted by Gasteiger charge is 2.14. The molecule has 0 aliphatic heterocycles. The molecule has 0 atom stereocenters. The number of nitrogens with two attached hydrogens (primary N) is 1. The molecule has 0 saturated carbocycles. The Hall–Kier alpha value is -1.81. The van der Waals surface area contributed by atoms with Crippen LogP contribution in [0.1, 0.15) is 16.7 Å². The van der Waals surface area contributed by atoms with Gasteiger partial charge in [-0.25, -0.2) is 4.98 Å². The summed E-state index contributed by atoms with van der Waals surface area (Å²) in [4.78, 5) is 4.46. The summed E-state index contributed by atoms with van der Waals surface area (Å²) in [7, 11) is 0. The topological polar surface area (TPSA) is 43.8 Å². The predicted octanol–water partition coefficient (Wildman–Crippen LogP) is 4.30. The smallest absolute Gasteiger partial charge is 0.205 e. The Labute approximate surface area is 126 Å². The second-order valence-corrected chi connectivity index (χ2v) is 6.10. The molecule has 0 aliphatic rings. The van der Waals surface area contributed by atoms with E-state index in [2.05, 4.69) is 66.0 Å². The molecule has 0 radical (unpaired) electrons. The molecule has 102 valence electrons. The lowest BCUT2D eigenvalue weighted by atomic mass is 10.1. The van der Waals surface area contributed by atoms with Crippen molar-refractivity contribution in [3.63, 3.8) is 0 Å². The summed E-state index contributed by atoms with van der Waals surface area (Å²) in [5.41, 5.74) is 12.8. The number of imidazole rings is 1. The van der Waals surface area contributed by atoms with Crippen molar-refractivity contribution in [2.45, 2.75) is 20.8 Å². The molecule has 2 aromatic carbocycles. The van der Waals surface area contributed by atoms with Crippen LogP contribution in [0.4, 0.5) is 5.95 Å². The van der Waals surface area contributed by atoms with E-state index in [0.717, 1.165) is 21.2 Å². The van der Waals surface area contributed by atoms with Crippen molar-refractivity contribution in [2.24, 2.45) is 0 Å². The maximum Gasteiger partial charge on any atom is 0.205 e. The van der Waals surface area contributed by atoms with E-state index < -0.39 is 0 Å². The van der Waals surface area contributed by atoms with Gasteiger partial charge in [-0.05, 0) is 61.7 Å². The summed E-state index contributed by atoms with van der Waals surface area (Å²) in [6.45, 7) is 6.26. The molecule has 0 bridgehead atoms. The zero-order valence-electron chi connectivity index (χ0n) is 11.7. The van der Waals surface area contributed by atoms with E-state index in [-0.39, 0.29) is 0 Å². The van der Waals surface area contributed by atoms with Crippen molar-refractivity contribution in [3.05, 3.63) is 51.5 Å². The van der Waals surface area contributed by atoms with Gasteiger partial charge in [-0.15, -0.1) is 0 Å². The fourth-order valence-electron chi connectivity index (χ4n) is 2.69. The van der Waals surface area contributed by atoms with E-state index in [1.54, 1.807) is 0 Å². The van der Waals surface area contributed by atoms with Crippen molar-refractivity contribution in [1.29, 1.82) is 0 Å². The minimum absolute atomic E-state index is 0.527. The highest BCUT2D eigenvalue weighted by molar-refractivity contribution is 9.10. The lowest BCUT2D eigenvalue weighted by Gasteiger charge is -2.14. The van der Waals surface area contributed by atoms with E-state index in [4.69, 9.17) is 5.73 Å². The van der Waals surface area contributed by atoms with E-state index >= 15 is 0 Å². The van der Waals surface area contributed by atoms with Gasteiger partial charge in [0.05, 0.1) is 16.7 Å². The van der Waals surface area contributed by atoms with E-state index in [0.29, 0.717) is 5.95 Å². The first kappa shape index (κ1) is 13.2. The molecule has 0 saturated heterocycles. The van der Waals surface area contributed by atoms with Crippen LogP contribution in [0.3, 0.4) is 0 Å². The van der Waals surface area contributed by atoms with Crippen molar-refractivity contribution >= 4 is 32.9 Å². The van der Waals surface area contributed by atoms with Gasteiger partial charge in [-0.3, -0.25) is 4.57 Å². The number of rotatable bonds is 1. The second kappa shape index (κ2) is 4.63. The molecule has 3 rings (SSSR count). The average Bonchev–Trinajstić information content (AvgIpc) is 2.65. The molecule has 3 nitrogen and oxygen atoms in total. The van der Waals surface area contributed by atoms with Gasteiger partial charge in [-0.2, -0.15) is 0 Å². The average molecular weight is 330 g/mol. The molecular weight excluding hydrogens is 314 g/mol. The van der Waals surface area contributed by atoms with Gasteiger partial charge in [0.25, 0.3) is 0 Å². The Morgan fingerprint density at radius 2 is 1.70 bits per heavy atom. The summed E-state index contributed by atoms with van der Waals surface area (Å²) in [5.74, 6) is 0.527. The number of benzene rings is 2. The fraction of sp³-hybridized carbons (Fsp3) is 0.188. The number of hydrogen-bond acceptors (Lipinski definition) is 2. The predicted molar refractivity (Wildman–Crippen MR) is 87.4 cm³/mol. The third kappa shape index (κ3) is 2.00. The fourth-order valence-corrected chi connectivity index (χ4v) is 3.38. The number of aromatic nitrogens is 2. The second-order valence-electron chi connectivity index (χ2n) is 5.19. The molecule has 4 heteroatoms. The maximum atomic E-state index is 6.15. The number of hydrogen-bond donors (Lipinski definition) is 1. The first-order chi connectivity index (χ1) is 9.47. The van der Waals surface area contributed by atoms with Crippen molar-refractivity contribution in [1.82, 2.24) is 9.55 Å². The molecule has 20 heavy (non-hydrogen) atoms. The first-order valence-electron chi connectivity index (χ1n) is 6.49. The minimum atomic E-state index is 0.527. The molecule has 1 aromatic heterocycles. The molecule has 0 fully saturated rings. The van der Waals surface area contributed by atoms with E-state index in [1.807, 2.05) is 10.6 Å². The molecular formula is C16H16BrN3. The summed E-state index contributed by atoms with van der Waals surface area (Å²) in [6.07, 6.45) is 0. The summed E-state index contributed by atoms with van der Waals surface area (Å²) in [6, 6.07) is 10.4. The van der Waals surface area contributed by atoms with Crippen LogP contribution in [-0.4, -0.2) is 9.55 Å². The third-order valence-electron chi connectivity index (χ3n) is 3.52. The molecule has 0 amide bonds. The van der Waals surface area contributed by atoms with Crippen LogP contribution in [0, 0.1) is 20.8 Å². The van der Waals surface area contributed by atoms with Crippen molar-refractivity contribution < 1.29 is 0 Å². The molecule has 0 unspecified atom stereocenters. The number of nitrogens with zero attached hydrogens (tertiary/aromatic N) is 2. The van der Waals surface area contributed by atoms with Crippen molar-refractivity contribution in [2.75, 3.05) is 5.73 Å². The molecule has 0 spiro atoms. The van der Waals surface area contributed by atoms with Crippen LogP contribution >= 0.6 is 15.9 Å². The standard InChI is InChI=1S/C16H16BrN3/c1-9-4-5-13-14(6-9)20(16(18)19-13)15-10(2)7-12(17)8-11(15)3/h4-8H,1-3H3,(H2,18,19). The van der Waals surface area contributed by atoms with Gasteiger partial charge in [0, 0.05) is 4.47 Å². The number of nitrogen functional groups attached to an aromatic ring is 1. The van der Waals surface area contributed by atoms with Gasteiger partial charge >= 0.3 is 0 Å². The Bertz CT molecular complexity index is 795. The van der Waals surface area contributed by atoms with Gasteiger partial charge in [0.1, 0.15) is 0 Å². The Morgan fingerprint density at radius 3 is 2.35 bits per heavy atom. The Balaban J connectivity index is 2.40. The largest absolute Gasteiger partial charge is 0.369 e. The number of anilines is 1. The van der Waals surface area contributed by atoms with Crippen molar-refractivity contribution in [3.8, 4) is 5.69 Å². The zero-order chi connectivity index (χ0) is 14.4. The zero-order valence-corrected chi connectivity index (χ0v) is 13.3. The SMILES string of the molecule is Cc1ccc2nc(N)n(-c3c(C)cc(Br)cc3C)c2c1. The van der Waals surface area contributed by atoms with Crippen LogP contribution in [0.15, 0.2) is 34.8 Å². The molecule has 1 heterocycles. The highest BCUT2D eigenvalue weighted by Crippen LogP contribution is 2.30. The van der Waals surface area contributed by atoms with E-state index in [1.165, 1.54) is 16.7 Å². The van der Waals surface area contributed by atoms with Crippen LogP contribution in [0.25, 0.3) is 16.7 Å². The van der Waals surface area contributed by atoms with Gasteiger partial charge < -0.3 is 5.73 Å². The lowest BCUT2D eigenvalue weighted by Crippen LogP contribution is -2.04. The third-order valence-corrected chi connectivity index (χ3v) is 3.97. The van der Waals surface area contributed by atoms with E-state index in [9.17, 15) is 0 Å². The summed E-state index contributed by atoms with van der Waals surface area (Å²) in [5, 5.41) is 0. The summed E-state index contributed by atoms with van der Waals surface area (Å²) >= 11 is 3.53. The summed E-state index contributed by atoms with van der Waals surface area (Å²) < 4.78 is 3.12. The van der Waals surface area contributed by atoms with Gasteiger partial charge in [0.15, 0.2) is 0 Å². The van der Waals surface area contributed by atoms with Gasteiger partial charge in [0.2, 0.25) is 5.95 Å².